The second-order valence-electron chi connectivity index (χ2n) is 8.52. The molecule has 1 aliphatic carbocycles. The molecule has 0 aromatic carbocycles. The number of carbonyl (C=O) groups is 1. The molecule has 31 heavy (non-hydrogen) atoms. The van der Waals surface area contributed by atoms with Crippen molar-refractivity contribution in [2.45, 2.75) is 52.0 Å². The smallest absolute Gasteiger partial charge is 0.315 e. The summed E-state index contributed by atoms with van der Waals surface area (Å²) >= 11 is 1.68. The molecule has 7 heteroatoms. The number of ether oxygens (including phenoxy) is 1. The molecule has 0 bridgehead atoms. The Labute approximate surface area is 186 Å². The first-order valence-corrected chi connectivity index (χ1v) is 11.5. The monoisotopic (exact) mass is 437 g/mol. The zero-order valence-electron chi connectivity index (χ0n) is 18.4. The summed E-state index contributed by atoms with van der Waals surface area (Å²) in [6, 6.07) is 6.62. The lowest BCUT2D eigenvalue weighted by Crippen LogP contribution is -2.54. The van der Waals surface area contributed by atoms with Crippen LogP contribution < -0.4 is 0 Å². The molecule has 0 amide bonds. The fourth-order valence-electron chi connectivity index (χ4n) is 5.31. The Hall–Kier alpha value is -2.65. The molecule has 2 unspecified atom stereocenters. The Kier molecular flexibility index (Phi) is 5.65. The SMILES string of the molecule is CCOC(=O)C1CN(C)C2(CCCc3sc(-n4c(C)ccc4C)c(C#N)c32)CC1=C=O. The number of hydrogen-bond donors (Lipinski definition) is 0. The third-order valence-electron chi connectivity index (χ3n) is 6.80. The predicted molar refractivity (Wildman–Crippen MR) is 119 cm³/mol. The minimum atomic E-state index is -0.601. The average molecular weight is 438 g/mol. The third-order valence-corrected chi connectivity index (χ3v) is 8.04. The molecule has 2 aliphatic rings. The molecule has 1 saturated heterocycles. The number of likely N-dealkylation sites (tertiary alicyclic amines) is 1. The van der Waals surface area contributed by atoms with Crippen molar-refractivity contribution in [3.8, 4) is 11.1 Å². The van der Waals surface area contributed by atoms with Crippen LogP contribution in [-0.4, -0.2) is 41.6 Å². The maximum absolute atomic E-state index is 12.5. The number of esters is 1. The normalized spacial score (nSPS) is 23.3. The highest BCUT2D eigenvalue weighted by Gasteiger charge is 2.50. The fraction of sp³-hybridized carbons (Fsp3) is 0.500. The van der Waals surface area contributed by atoms with Crippen molar-refractivity contribution in [3.05, 3.63) is 45.1 Å². The van der Waals surface area contributed by atoms with Gasteiger partial charge in [-0.15, -0.1) is 11.3 Å². The van der Waals surface area contributed by atoms with Gasteiger partial charge >= 0.3 is 5.97 Å². The maximum Gasteiger partial charge on any atom is 0.315 e. The van der Waals surface area contributed by atoms with Crippen LogP contribution in [0.5, 0.6) is 0 Å². The van der Waals surface area contributed by atoms with E-state index >= 15 is 0 Å². The van der Waals surface area contributed by atoms with Crippen LogP contribution in [-0.2, 0) is 26.3 Å². The molecule has 1 spiro atoms. The molecule has 0 saturated carbocycles. The standard InChI is InChI=1S/C24H27N3O3S/c1-5-30-23(29)19-13-26(4)24(11-17(19)14-28)10-6-7-20-21(24)18(12-25)22(31-20)27-15(2)8-9-16(27)3/h8-9,19H,5-7,10-11,13H2,1-4H3. The first-order valence-electron chi connectivity index (χ1n) is 10.7. The number of nitriles is 1. The average Bonchev–Trinajstić information content (AvgIpc) is 3.29. The van der Waals surface area contributed by atoms with Crippen molar-refractivity contribution in [1.29, 1.82) is 5.26 Å². The molecule has 1 aliphatic heterocycles. The van der Waals surface area contributed by atoms with Crippen LogP contribution in [0.15, 0.2) is 17.7 Å². The topological polar surface area (TPSA) is 75.3 Å². The first-order chi connectivity index (χ1) is 14.9. The van der Waals surface area contributed by atoms with Crippen LogP contribution in [0.1, 0.15) is 53.6 Å². The molecule has 2 aromatic rings. The number of fused-ring (bicyclic) bond motifs is 2. The Balaban J connectivity index is 1.86. The number of hydrogen-bond acceptors (Lipinski definition) is 6. The molecule has 4 rings (SSSR count). The van der Waals surface area contributed by atoms with Crippen molar-refractivity contribution in [2.75, 3.05) is 20.2 Å². The van der Waals surface area contributed by atoms with Crippen LogP contribution in [0.4, 0.5) is 0 Å². The van der Waals surface area contributed by atoms with E-state index in [0.717, 1.165) is 41.2 Å². The van der Waals surface area contributed by atoms with Crippen molar-refractivity contribution in [1.82, 2.24) is 9.47 Å². The molecule has 6 nitrogen and oxygen atoms in total. The number of piperidine rings is 1. The summed E-state index contributed by atoms with van der Waals surface area (Å²) in [6.07, 6.45) is 3.14. The molecular formula is C24H27N3O3S. The summed E-state index contributed by atoms with van der Waals surface area (Å²) in [4.78, 5) is 27.8. The van der Waals surface area contributed by atoms with Gasteiger partial charge in [0.05, 0.1) is 17.7 Å². The largest absolute Gasteiger partial charge is 0.465 e. The van der Waals surface area contributed by atoms with Gasteiger partial charge in [-0.1, -0.05) is 0 Å². The van der Waals surface area contributed by atoms with Crippen molar-refractivity contribution < 1.29 is 14.3 Å². The molecule has 3 heterocycles. The van der Waals surface area contributed by atoms with Crippen molar-refractivity contribution in [3.63, 3.8) is 0 Å². The molecule has 1 fully saturated rings. The van der Waals surface area contributed by atoms with E-state index in [-0.39, 0.29) is 12.6 Å². The van der Waals surface area contributed by atoms with Crippen LogP contribution in [0.2, 0.25) is 0 Å². The van der Waals surface area contributed by atoms with E-state index < -0.39 is 11.5 Å². The summed E-state index contributed by atoms with van der Waals surface area (Å²) in [7, 11) is 1.99. The van der Waals surface area contributed by atoms with Crippen LogP contribution >= 0.6 is 11.3 Å². The van der Waals surface area contributed by atoms with E-state index in [9.17, 15) is 14.9 Å². The van der Waals surface area contributed by atoms with E-state index in [2.05, 4.69) is 33.6 Å². The quantitative estimate of drug-likeness (QED) is 0.539. The Bertz CT molecular complexity index is 1110. The second-order valence-corrected chi connectivity index (χ2v) is 9.60. The van der Waals surface area contributed by atoms with Gasteiger partial charge in [0.25, 0.3) is 0 Å². The third kappa shape index (κ3) is 3.27. The minimum Gasteiger partial charge on any atom is -0.465 e. The lowest BCUT2D eigenvalue weighted by molar-refractivity contribution is -0.149. The lowest BCUT2D eigenvalue weighted by atomic mass is 9.69. The number of aryl methyl sites for hydroxylation is 3. The first kappa shape index (κ1) is 21.6. The van der Waals surface area contributed by atoms with Gasteiger partial charge in [0, 0.05) is 40.4 Å². The highest BCUT2D eigenvalue weighted by molar-refractivity contribution is 7.15. The Morgan fingerprint density at radius 1 is 1.35 bits per heavy atom. The summed E-state index contributed by atoms with van der Waals surface area (Å²) < 4.78 is 7.36. The van der Waals surface area contributed by atoms with E-state index in [1.54, 1.807) is 18.3 Å². The number of nitrogens with zero attached hydrogens (tertiary/aromatic N) is 3. The van der Waals surface area contributed by atoms with Gasteiger partial charge in [-0.05, 0) is 59.2 Å². The summed E-state index contributed by atoms with van der Waals surface area (Å²) in [5.74, 6) is 1.09. The van der Waals surface area contributed by atoms with Gasteiger partial charge in [-0.3, -0.25) is 9.69 Å². The van der Waals surface area contributed by atoms with Gasteiger partial charge in [0.1, 0.15) is 22.9 Å². The molecule has 162 valence electrons. The zero-order valence-corrected chi connectivity index (χ0v) is 19.3. The van der Waals surface area contributed by atoms with E-state index in [0.29, 0.717) is 24.1 Å². The van der Waals surface area contributed by atoms with Gasteiger partial charge < -0.3 is 9.30 Å². The molecule has 0 N–H and O–H groups in total. The molecule has 2 atom stereocenters. The Morgan fingerprint density at radius 2 is 2.06 bits per heavy atom. The number of thiophene rings is 1. The van der Waals surface area contributed by atoms with Crippen LogP contribution in [0.25, 0.3) is 5.00 Å². The highest BCUT2D eigenvalue weighted by Crippen LogP contribution is 2.52. The minimum absolute atomic E-state index is 0.280. The maximum atomic E-state index is 12.5. The van der Waals surface area contributed by atoms with Gasteiger partial charge in [0.15, 0.2) is 0 Å². The number of carbonyl (C=O) groups excluding carboxylic acids is 2. The zero-order chi connectivity index (χ0) is 22.3. The van der Waals surface area contributed by atoms with Crippen LogP contribution in [0, 0.1) is 31.1 Å². The Morgan fingerprint density at radius 3 is 2.68 bits per heavy atom. The molecule has 2 aromatic heterocycles. The summed E-state index contributed by atoms with van der Waals surface area (Å²) in [5, 5.41) is 11.2. The van der Waals surface area contributed by atoms with Gasteiger partial charge in [-0.25, -0.2) is 4.79 Å². The van der Waals surface area contributed by atoms with Gasteiger partial charge in [0.2, 0.25) is 0 Å². The molecule has 0 radical (unpaired) electrons. The van der Waals surface area contributed by atoms with E-state index in [1.807, 2.05) is 20.9 Å². The summed E-state index contributed by atoms with van der Waals surface area (Å²) in [6.45, 7) is 6.53. The summed E-state index contributed by atoms with van der Waals surface area (Å²) in [5.41, 5.74) is 3.89. The lowest BCUT2D eigenvalue weighted by Gasteiger charge is -2.50. The molecular weight excluding hydrogens is 410 g/mol. The van der Waals surface area contributed by atoms with Crippen molar-refractivity contribution in [2.24, 2.45) is 5.92 Å². The van der Waals surface area contributed by atoms with Crippen LogP contribution in [0.3, 0.4) is 0 Å². The fourth-order valence-corrected chi connectivity index (χ4v) is 6.81. The van der Waals surface area contributed by atoms with E-state index in [4.69, 9.17) is 4.74 Å². The number of rotatable bonds is 3. The van der Waals surface area contributed by atoms with Gasteiger partial charge in [-0.2, -0.15) is 5.26 Å². The van der Waals surface area contributed by atoms with Crippen molar-refractivity contribution >= 4 is 23.2 Å². The second kappa shape index (κ2) is 8.12. The highest BCUT2D eigenvalue weighted by atomic mass is 32.1. The number of aromatic nitrogens is 1. The predicted octanol–water partition coefficient (Wildman–Crippen LogP) is 3.83. The van der Waals surface area contributed by atoms with E-state index in [1.165, 1.54) is 4.88 Å².